The van der Waals surface area contributed by atoms with Crippen molar-refractivity contribution in [2.45, 2.75) is 30.1 Å². The van der Waals surface area contributed by atoms with Crippen molar-refractivity contribution in [3.63, 3.8) is 0 Å². The van der Waals surface area contributed by atoms with Gasteiger partial charge in [0, 0.05) is 48.2 Å². The predicted octanol–water partition coefficient (Wildman–Crippen LogP) is 5.13. The molecule has 1 unspecified atom stereocenters. The maximum atomic E-state index is 13.9. The molecule has 0 bridgehead atoms. The van der Waals surface area contributed by atoms with Crippen molar-refractivity contribution in [3.05, 3.63) is 123 Å². The molecule has 1 aliphatic rings. The maximum absolute atomic E-state index is 13.9. The van der Waals surface area contributed by atoms with Gasteiger partial charge in [-0.3, -0.25) is 4.79 Å². The van der Waals surface area contributed by atoms with E-state index in [-0.39, 0.29) is 22.6 Å². The molecule has 8 nitrogen and oxygen atoms in total. The molecule has 0 aliphatic carbocycles. The molecule has 42 heavy (non-hydrogen) atoms. The van der Waals surface area contributed by atoms with E-state index in [1.807, 2.05) is 35.9 Å². The number of halogens is 1. The minimum absolute atomic E-state index is 0.0318. The molecule has 0 N–H and O–H groups in total. The van der Waals surface area contributed by atoms with Gasteiger partial charge >= 0.3 is 0 Å². The molecule has 2 aromatic heterocycles. The quantitative estimate of drug-likeness (QED) is 0.270. The van der Waals surface area contributed by atoms with E-state index in [0.717, 1.165) is 33.3 Å². The van der Waals surface area contributed by atoms with E-state index in [9.17, 15) is 18.5 Å². The van der Waals surface area contributed by atoms with Crippen LogP contribution >= 0.6 is 11.6 Å². The Kier molecular flexibility index (Phi) is 7.01. The second kappa shape index (κ2) is 10.6. The Morgan fingerprint density at radius 3 is 2.60 bits per heavy atom. The maximum Gasteiger partial charge on any atom is 0.250 e. The first kappa shape index (κ1) is 27.9. The lowest BCUT2D eigenvalue weighted by Crippen LogP contribution is -2.37. The number of rotatable bonds is 6. The summed E-state index contributed by atoms with van der Waals surface area (Å²) in [5.41, 5.74) is 4.29. The summed E-state index contributed by atoms with van der Waals surface area (Å²) in [7, 11) is -2.25. The third-order valence-electron chi connectivity index (χ3n) is 8.18. The van der Waals surface area contributed by atoms with Crippen LogP contribution in [0.1, 0.15) is 28.7 Å². The molecule has 0 saturated carbocycles. The Morgan fingerprint density at radius 1 is 1.07 bits per heavy atom. The lowest BCUT2D eigenvalue weighted by molar-refractivity contribution is 0.413. The van der Waals surface area contributed by atoms with Crippen LogP contribution in [0.3, 0.4) is 0 Å². The SMILES string of the molecule is Cc1cc2c(cnn2-c2ccc(=O)n(C)c2)cc1C1(Cc2ccccc2)CCN(S(=O)(=O)c2ccc(Cl)cc2C#N)C1. The van der Waals surface area contributed by atoms with Gasteiger partial charge in [-0.15, -0.1) is 0 Å². The number of nitrogens with zero attached hydrogens (tertiary/aromatic N) is 5. The summed E-state index contributed by atoms with van der Waals surface area (Å²) in [4.78, 5) is 11.9. The average molecular weight is 598 g/mol. The molecule has 212 valence electrons. The van der Waals surface area contributed by atoms with Gasteiger partial charge in [0.25, 0.3) is 0 Å². The molecule has 0 spiro atoms. The van der Waals surface area contributed by atoms with E-state index >= 15 is 0 Å². The van der Waals surface area contributed by atoms with Gasteiger partial charge in [-0.2, -0.15) is 14.7 Å². The van der Waals surface area contributed by atoms with E-state index in [1.165, 1.54) is 33.1 Å². The molecular weight excluding hydrogens is 570 g/mol. The van der Waals surface area contributed by atoms with Crippen LogP contribution < -0.4 is 5.56 Å². The Labute approximate surface area is 249 Å². The summed E-state index contributed by atoms with van der Waals surface area (Å²) in [5, 5.41) is 15.5. The summed E-state index contributed by atoms with van der Waals surface area (Å²) in [6.45, 7) is 2.63. The number of nitriles is 1. The van der Waals surface area contributed by atoms with Crippen molar-refractivity contribution >= 4 is 32.5 Å². The molecule has 0 amide bonds. The summed E-state index contributed by atoms with van der Waals surface area (Å²) in [6, 6.07) is 23.9. The van der Waals surface area contributed by atoms with E-state index in [1.54, 1.807) is 25.5 Å². The number of aryl methyl sites for hydroxylation is 2. The first-order chi connectivity index (χ1) is 20.1. The zero-order valence-electron chi connectivity index (χ0n) is 23.2. The number of fused-ring (bicyclic) bond motifs is 1. The highest BCUT2D eigenvalue weighted by Gasteiger charge is 2.45. The highest BCUT2D eigenvalue weighted by Crippen LogP contribution is 2.43. The summed E-state index contributed by atoms with van der Waals surface area (Å²) in [5.74, 6) is 0. The minimum atomic E-state index is -3.96. The van der Waals surface area contributed by atoms with Crippen LogP contribution in [0.5, 0.6) is 0 Å². The van der Waals surface area contributed by atoms with E-state index in [0.29, 0.717) is 24.4 Å². The van der Waals surface area contributed by atoms with Crippen molar-refractivity contribution in [3.8, 4) is 11.8 Å². The number of hydrogen-bond donors (Lipinski definition) is 0. The zero-order chi connectivity index (χ0) is 29.6. The van der Waals surface area contributed by atoms with Crippen molar-refractivity contribution in [1.82, 2.24) is 18.7 Å². The van der Waals surface area contributed by atoms with Crippen LogP contribution in [0.4, 0.5) is 0 Å². The Hall–Kier alpha value is -4.23. The lowest BCUT2D eigenvalue weighted by atomic mass is 9.73. The molecule has 3 aromatic carbocycles. The zero-order valence-corrected chi connectivity index (χ0v) is 24.7. The first-order valence-corrected chi connectivity index (χ1v) is 15.3. The Bertz CT molecular complexity index is 2050. The van der Waals surface area contributed by atoms with Gasteiger partial charge in [0.15, 0.2) is 0 Å². The molecule has 10 heteroatoms. The third kappa shape index (κ3) is 4.81. The molecular formula is C32H28ClN5O3S. The van der Waals surface area contributed by atoms with Gasteiger partial charge < -0.3 is 4.57 Å². The second-order valence-electron chi connectivity index (χ2n) is 10.9. The largest absolute Gasteiger partial charge is 0.316 e. The summed E-state index contributed by atoms with van der Waals surface area (Å²) >= 11 is 6.06. The van der Waals surface area contributed by atoms with Crippen LogP contribution in [0.2, 0.25) is 5.02 Å². The van der Waals surface area contributed by atoms with Crippen molar-refractivity contribution in [2.24, 2.45) is 7.05 Å². The van der Waals surface area contributed by atoms with Gasteiger partial charge in [0.2, 0.25) is 15.6 Å². The van der Waals surface area contributed by atoms with Crippen LogP contribution in [0.25, 0.3) is 16.6 Å². The highest BCUT2D eigenvalue weighted by molar-refractivity contribution is 7.89. The third-order valence-corrected chi connectivity index (χ3v) is 10.3. The van der Waals surface area contributed by atoms with Gasteiger partial charge in [0.05, 0.1) is 23.0 Å². The van der Waals surface area contributed by atoms with Crippen LogP contribution in [0.15, 0.2) is 94.9 Å². The normalized spacial score (nSPS) is 17.5. The van der Waals surface area contributed by atoms with E-state index in [4.69, 9.17) is 11.6 Å². The molecule has 5 aromatic rings. The fraction of sp³-hybridized carbons (Fsp3) is 0.219. The Balaban J connectivity index is 1.45. The first-order valence-electron chi connectivity index (χ1n) is 13.5. The fourth-order valence-corrected chi connectivity index (χ4v) is 7.92. The number of sulfonamides is 1. The molecule has 0 radical (unpaired) electrons. The van der Waals surface area contributed by atoms with Gasteiger partial charge in [0.1, 0.15) is 11.0 Å². The van der Waals surface area contributed by atoms with Crippen LogP contribution in [0, 0.1) is 18.3 Å². The van der Waals surface area contributed by atoms with Crippen molar-refractivity contribution in [1.29, 1.82) is 5.26 Å². The number of hydrogen-bond acceptors (Lipinski definition) is 5. The molecule has 6 rings (SSSR count). The predicted molar refractivity (Wildman–Crippen MR) is 162 cm³/mol. The molecule has 1 aliphatic heterocycles. The molecule has 1 atom stereocenters. The topological polar surface area (TPSA) is 101 Å². The van der Waals surface area contributed by atoms with E-state index in [2.05, 4.69) is 29.4 Å². The number of benzene rings is 3. The monoisotopic (exact) mass is 597 g/mol. The fourth-order valence-electron chi connectivity index (χ4n) is 6.10. The summed E-state index contributed by atoms with van der Waals surface area (Å²) in [6.07, 6.45) is 4.81. The lowest BCUT2D eigenvalue weighted by Gasteiger charge is -2.32. The van der Waals surface area contributed by atoms with Gasteiger partial charge in [-0.1, -0.05) is 41.9 Å². The van der Waals surface area contributed by atoms with Gasteiger partial charge in [-0.25, -0.2) is 13.1 Å². The average Bonchev–Trinajstić information content (AvgIpc) is 3.59. The smallest absolute Gasteiger partial charge is 0.250 e. The van der Waals surface area contributed by atoms with E-state index < -0.39 is 15.4 Å². The van der Waals surface area contributed by atoms with Crippen LogP contribution in [-0.2, 0) is 28.9 Å². The van der Waals surface area contributed by atoms with Crippen LogP contribution in [-0.4, -0.2) is 40.2 Å². The second-order valence-corrected chi connectivity index (χ2v) is 13.2. The molecule has 1 saturated heterocycles. The Morgan fingerprint density at radius 2 is 1.86 bits per heavy atom. The number of pyridine rings is 1. The molecule has 1 fully saturated rings. The van der Waals surface area contributed by atoms with Gasteiger partial charge in [-0.05, 0) is 72.9 Å². The number of aromatic nitrogens is 3. The van der Waals surface area contributed by atoms with Crippen molar-refractivity contribution < 1.29 is 8.42 Å². The minimum Gasteiger partial charge on any atom is -0.316 e. The highest BCUT2D eigenvalue weighted by atomic mass is 35.5. The summed E-state index contributed by atoms with van der Waals surface area (Å²) < 4.78 is 32.6. The standard InChI is InChI=1S/C32H28ClN5O3S/c1-22-14-29-25(19-35-38(29)27-9-11-31(39)36(2)20-27)16-28(22)32(17-23-6-4-3-5-7-23)12-13-37(21-32)42(40,41)30-10-8-26(33)15-24(30)18-34/h3-11,14-16,19-20H,12-13,17,21H2,1-2H3. The molecule has 3 heterocycles. The van der Waals surface area contributed by atoms with Crippen molar-refractivity contribution in [2.75, 3.05) is 13.1 Å².